The lowest BCUT2D eigenvalue weighted by molar-refractivity contribution is 0.808. The van der Waals surface area contributed by atoms with E-state index < -0.39 is 0 Å². The van der Waals surface area contributed by atoms with E-state index in [2.05, 4.69) is 48.0 Å². The summed E-state index contributed by atoms with van der Waals surface area (Å²) in [4.78, 5) is 6.64. The van der Waals surface area contributed by atoms with Crippen molar-refractivity contribution in [2.24, 2.45) is 0 Å². The number of hydrogen-bond acceptors (Lipinski definition) is 3. The minimum atomic E-state index is 0.744. The van der Waals surface area contributed by atoms with E-state index in [0.29, 0.717) is 0 Å². The van der Waals surface area contributed by atoms with Crippen molar-refractivity contribution in [2.75, 3.05) is 17.2 Å². The SMILES string of the molecule is CCN(Cc1ncccc1N)c1ccccc1C. The minimum absolute atomic E-state index is 0.744. The van der Waals surface area contributed by atoms with Crippen LogP contribution < -0.4 is 10.6 Å². The van der Waals surface area contributed by atoms with Gasteiger partial charge in [0.25, 0.3) is 0 Å². The molecule has 1 heterocycles. The van der Waals surface area contributed by atoms with E-state index in [9.17, 15) is 0 Å². The molecule has 0 saturated heterocycles. The highest BCUT2D eigenvalue weighted by molar-refractivity contribution is 5.54. The molecule has 2 N–H and O–H groups in total. The molecule has 0 saturated carbocycles. The molecule has 0 aliphatic heterocycles. The molecule has 0 spiro atoms. The highest BCUT2D eigenvalue weighted by atomic mass is 15.1. The van der Waals surface area contributed by atoms with Gasteiger partial charge in [-0.05, 0) is 37.6 Å². The maximum atomic E-state index is 5.95. The first-order chi connectivity index (χ1) is 8.72. The largest absolute Gasteiger partial charge is 0.397 e. The second-order valence-corrected chi connectivity index (χ2v) is 4.34. The van der Waals surface area contributed by atoms with Crippen LogP contribution in [0, 0.1) is 6.92 Å². The van der Waals surface area contributed by atoms with Crippen LogP contribution >= 0.6 is 0 Å². The molecule has 3 heteroatoms. The number of nitrogens with zero attached hydrogens (tertiary/aromatic N) is 2. The third-order valence-electron chi connectivity index (χ3n) is 3.10. The molecule has 0 fully saturated rings. The van der Waals surface area contributed by atoms with Crippen molar-refractivity contribution in [3.63, 3.8) is 0 Å². The summed E-state index contributed by atoms with van der Waals surface area (Å²) in [5, 5.41) is 0. The Bertz CT molecular complexity index is 523. The molecule has 0 radical (unpaired) electrons. The van der Waals surface area contributed by atoms with Gasteiger partial charge in [-0.3, -0.25) is 4.98 Å². The zero-order chi connectivity index (χ0) is 13.0. The number of nitrogens with two attached hydrogens (primary N) is 1. The highest BCUT2D eigenvalue weighted by Gasteiger charge is 2.09. The number of aromatic nitrogens is 1. The molecule has 2 rings (SSSR count). The lowest BCUT2D eigenvalue weighted by atomic mass is 10.1. The number of rotatable bonds is 4. The van der Waals surface area contributed by atoms with Gasteiger partial charge in [-0.25, -0.2) is 0 Å². The van der Waals surface area contributed by atoms with Crippen LogP contribution in [0.1, 0.15) is 18.2 Å². The van der Waals surface area contributed by atoms with Crippen LogP contribution in [0.3, 0.4) is 0 Å². The Balaban J connectivity index is 2.26. The third kappa shape index (κ3) is 2.62. The monoisotopic (exact) mass is 241 g/mol. The number of benzene rings is 1. The molecule has 94 valence electrons. The predicted molar refractivity (Wildman–Crippen MR) is 76.6 cm³/mol. The van der Waals surface area contributed by atoms with Crippen LogP contribution in [0.15, 0.2) is 42.6 Å². The average molecular weight is 241 g/mol. The van der Waals surface area contributed by atoms with Crippen LogP contribution in [0.5, 0.6) is 0 Å². The fourth-order valence-electron chi connectivity index (χ4n) is 2.05. The Morgan fingerprint density at radius 1 is 1.17 bits per heavy atom. The number of anilines is 2. The van der Waals surface area contributed by atoms with Crippen molar-refractivity contribution < 1.29 is 0 Å². The quantitative estimate of drug-likeness (QED) is 0.894. The molecule has 1 aromatic carbocycles. The smallest absolute Gasteiger partial charge is 0.0825 e. The van der Waals surface area contributed by atoms with Crippen molar-refractivity contribution in [1.29, 1.82) is 0 Å². The van der Waals surface area contributed by atoms with Gasteiger partial charge in [0.2, 0.25) is 0 Å². The van der Waals surface area contributed by atoms with Crippen LogP contribution in [0.2, 0.25) is 0 Å². The Hall–Kier alpha value is -2.03. The molecule has 2 aromatic rings. The number of hydrogen-bond donors (Lipinski definition) is 1. The van der Waals surface area contributed by atoms with Gasteiger partial charge < -0.3 is 10.6 Å². The zero-order valence-electron chi connectivity index (χ0n) is 10.9. The van der Waals surface area contributed by atoms with E-state index in [4.69, 9.17) is 5.73 Å². The Morgan fingerprint density at radius 2 is 1.94 bits per heavy atom. The van der Waals surface area contributed by atoms with Crippen LogP contribution in [0.4, 0.5) is 11.4 Å². The molecule has 18 heavy (non-hydrogen) atoms. The van der Waals surface area contributed by atoms with E-state index in [1.165, 1.54) is 11.3 Å². The number of para-hydroxylation sites is 1. The summed E-state index contributed by atoms with van der Waals surface area (Å²) in [6, 6.07) is 12.1. The summed E-state index contributed by atoms with van der Waals surface area (Å²) in [7, 11) is 0. The van der Waals surface area contributed by atoms with Gasteiger partial charge in [-0.2, -0.15) is 0 Å². The normalized spacial score (nSPS) is 10.3. The summed E-state index contributed by atoms with van der Waals surface area (Å²) in [5.74, 6) is 0. The second-order valence-electron chi connectivity index (χ2n) is 4.34. The number of aryl methyl sites for hydroxylation is 1. The zero-order valence-corrected chi connectivity index (χ0v) is 10.9. The molecule has 0 atom stereocenters. The maximum Gasteiger partial charge on any atom is 0.0825 e. The predicted octanol–water partition coefficient (Wildman–Crippen LogP) is 3.00. The molecule has 0 aliphatic rings. The van der Waals surface area contributed by atoms with Crippen LogP contribution in [-0.2, 0) is 6.54 Å². The van der Waals surface area contributed by atoms with Crippen LogP contribution in [-0.4, -0.2) is 11.5 Å². The van der Waals surface area contributed by atoms with E-state index in [1.54, 1.807) is 6.20 Å². The summed E-state index contributed by atoms with van der Waals surface area (Å²) in [6.07, 6.45) is 1.79. The Morgan fingerprint density at radius 3 is 2.61 bits per heavy atom. The van der Waals surface area contributed by atoms with Crippen molar-refractivity contribution in [3.05, 3.63) is 53.9 Å². The molecule has 0 bridgehead atoms. The Kier molecular flexibility index (Phi) is 3.82. The lowest BCUT2D eigenvalue weighted by Gasteiger charge is -2.25. The summed E-state index contributed by atoms with van der Waals surface area (Å²) in [6.45, 7) is 5.94. The van der Waals surface area contributed by atoms with Gasteiger partial charge in [-0.1, -0.05) is 18.2 Å². The van der Waals surface area contributed by atoms with Gasteiger partial charge in [0.05, 0.1) is 17.9 Å². The van der Waals surface area contributed by atoms with Crippen molar-refractivity contribution in [2.45, 2.75) is 20.4 Å². The average Bonchev–Trinajstić information content (AvgIpc) is 2.39. The Labute approximate surface area is 108 Å². The molecule has 0 aliphatic carbocycles. The first-order valence-corrected chi connectivity index (χ1v) is 6.22. The van der Waals surface area contributed by atoms with Crippen molar-refractivity contribution in [3.8, 4) is 0 Å². The second kappa shape index (κ2) is 5.54. The molecule has 0 amide bonds. The standard InChI is InChI=1S/C15H19N3/c1-3-18(15-9-5-4-7-12(15)2)11-14-13(16)8-6-10-17-14/h4-10H,3,11,16H2,1-2H3. The van der Waals surface area contributed by atoms with E-state index in [1.807, 2.05) is 12.1 Å². The summed E-state index contributed by atoms with van der Waals surface area (Å²) < 4.78 is 0. The number of pyridine rings is 1. The van der Waals surface area contributed by atoms with E-state index >= 15 is 0 Å². The maximum absolute atomic E-state index is 5.95. The first-order valence-electron chi connectivity index (χ1n) is 6.22. The topological polar surface area (TPSA) is 42.2 Å². The molecular weight excluding hydrogens is 222 g/mol. The van der Waals surface area contributed by atoms with E-state index in [0.717, 1.165) is 24.5 Å². The summed E-state index contributed by atoms with van der Waals surface area (Å²) >= 11 is 0. The van der Waals surface area contributed by atoms with Gasteiger partial charge in [0, 0.05) is 18.4 Å². The molecular formula is C15H19N3. The van der Waals surface area contributed by atoms with E-state index in [-0.39, 0.29) is 0 Å². The highest BCUT2D eigenvalue weighted by Crippen LogP contribution is 2.22. The van der Waals surface area contributed by atoms with Gasteiger partial charge >= 0.3 is 0 Å². The molecule has 0 unspecified atom stereocenters. The lowest BCUT2D eigenvalue weighted by Crippen LogP contribution is -2.24. The van der Waals surface area contributed by atoms with Gasteiger partial charge in [-0.15, -0.1) is 0 Å². The van der Waals surface area contributed by atoms with Gasteiger partial charge in [0.15, 0.2) is 0 Å². The number of nitrogen functional groups attached to an aromatic ring is 1. The van der Waals surface area contributed by atoms with Gasteiger partial charge in [0.1, 0.15) is 0 Å². The van der Waals surface area contributed by atoms with Crippen LogP contribution in [0.25, 0.3) is 0 Å². The third-order valence-corrected chi connectivity index (χ3v) is 3.10. The minimum Gasteiger partial charge on any atom is -0.397 e. The fraction of sp³-hybridized carbons (Fsp3) is 0.267. The van der Waals surface area contributed by atoms with Crippen molar-refractivity contribution in [1.82, 2.24) is 4.98 Å². The first kappa shape index (κ1) is 12.4. The fourth-order valence-corrected chi connectivity index (χ4v) is 2.05. The molecule has 3 nitrogen and oxygen atoms in total. The summed E-state index contributed by atoms with van der Waals surface area (Å²) in [5.41, 5.74) is 10.2. The molecule has 1 aromatic heterocycles. The van der Waals surface area contributed by atoms with Crippen molar-refractivity contribution >= 4 is 11.4 Å².